The van der Waals surface area contributed by atoms with Gasteiger partial charge in [-0.05, 0) is 18.7 Å². The molecule has 0 saturated heterocycles. The molecule has 1 rings (SSSR count). The maximum absolute atomic E-state index is 10.8. The molecule has 0 amide bonds. The summed E-state index contributed by atoms with van der Waals surface area (Å²) in [6.45, 7) is 4.53. The summed E-state index contributed by atoms with van der Waals surface area (Å²) in [4.78, 5) is 2.34. The first-order valence-electron chi connectivity index (χ1n) is 5.35. The van der Waals surface area contributed by atoms with Crippen LogP contribution in [-0.2, 0) is 10.0 Å². The summed E-state index contributed by atoms with van der Waals surface area (Å²) in [7, 11) is -5.34. The van der Waals surface area contributed by atoms with Crippen molar-refractivity contribution in [1.29, 1.82) is 0 Å². The first-order chi connectivity index (χ1) is 8.18. The predicted molar refractivity (Wildman–Crippen MR) is 63.9 cm³/mol. The third-order valence-electron chi connectivity index (χ3n) is 2.01. The Morgan fingerprint density at radius 3 is 2.22 bits per heavy atom. The van der Waals surface area contributed by atoms with E-state index in [0.717, 1.165) is 6.54 Å². The lowest BCUT2D eigenvalue weighted by Crippen LogP contribution is -2.30. The fourth-order valence-electron chi connectivity index (χ4n) is 1.03. The molecule has 1 aliphatic rings. The van der Waals surface area contributed by atoms with E-state index in [0.29, 0.717) is 0 Å². The number of nitrogens with zero attached hydrogens (tertiary/aromatic N) is 1. The van der Waals surface area contributed by atoms with Gasteiger partial charge in [0.25, 0.3) is 0 Å². The first-order valence-corrected chi connectivity index (χ1v) is 6.89. The zero-order valence-electron chi connectivity index (χ0n) is 10.0. The monoisotopic (exact) mass is 286 g/mol. The van der Waals surface area contributed by atoms with Gasteiger partial charge in [0.1, 0.15) is 0 Å². The zero-order valence-corrected chi connectivity index (χ0v) is 10.8. The second-order valence-electron chi connectivity index (χ2n) is 3.61. The quantitative estimate of drug-likeness (QED) is 0.862. The van der Waals surface area contributed by atoms with Gasteiger partial charge < -0.3 is 4.90 Å². The molecule has 106 valence electrons. The second kappa shape index (κ2) is 7.42. The second-order valence-corrected chi connectivity index (χ2v) is 5.16. The summed E-state index contributed by atoms with van der Waals surface area (Å²) in [6, 6.07) is 0. The molecule has 0 atom stereocenters. The fraction of sp³-hybridized carbons (Fsp3) is 0.600. The van der Waals surface area contributed by atoms with Crippen molar-refractivity contribution < 1.29 is 21.6 Å². The van der Waals surface area contributed by atoms with Gasteiger partial charge in [-0.2, -0.15) is 13.2 Å². The van der Waals surface area contributed by atoms with Crippen molar-refractivity contribution in [3.8, 4) is 0 Å². The van der Waals surface area contributed by atoms with Crippen LogP contribution in [0.1, 0.15) is 19.8 Å². The van der Waals surface area contributed by atoms with E-state index < -0.39 is 15.5 Å². The van der Waals surface area contributed by atoms with Gasteiger partial charge >= 0.3 is 15.5 Å². The Labute approximate surface area is 105 Å². The van der Waals surface area contributed by atoms with Gasteiger partial charge in [0.2, 0.25) is 0 Å². The van der Waals surface area contributed by atoms with E-state index in [4.69, 9.17) is 0 Å². The number of rotatable bonds is 3. The van der Waals surface area contributed by atoms with Crippen LogP contribution < -0.4 is 5.14 Å². The highest BCUT2D eigenvalue weighted by atomic mass is 32.2. The summed E-state index contributed by atoms with van der Waals surface area (Å²) in [5, 5.41) is 3.66. The van der Waals surface area contributed by atoms with Crippen molar-refractivity contribution in [1.82, 2.24) is 4.90 Å². The summed E-state index contributed by atoms with van der Waals surface area (Å²) in [6.07, 6.45) is 11.1. The number of unbranched alkanes of at least 4 members (excludes halogenated alkanes) is 1. The average Bonchev–Trinajstić information content (AvgIpc) is 2.26. The third kappa shape index (κ3) is 7.33. The Balaban J connectivity index is 0.000000331. The van der Waals surface area contributed by atoms with Gasteiger partial charge in [-0.25, -0.2) is 13.6 Å². The lowest BCUT2D eigenvalue weighted by molar-refractivity contribution is -0.0436. The number of nitrogens with two attached hydrogens (primary N) is 1. The normalized spacial score (nSPS) is 15.3. The van der Waals surface area contributed by atoms with E-state index in [1.165, 1.54) is 19.4 Å². The number of sulfonamides is 1. The number of allylic oxidation sites excluding steroid dienone is 2. The third-order valence-corrected chi connectivity index (χ3v) is 2.65. The van der Waals surface area contributed by atoms with Crippen molar-refractivity contribution in [2.24, 2.45) is 5.14 Å². The predicted octanol–water partition coefficient (Wildman–Crippen LogP) is 1.97. The Kier molecular flexibility index (Phi) is 7.00. The Bertz CT molecular complexity index is 388. The molecule has 2 N–H and O–H groups in total. The van der Waals surface area contributed by atoms with E-state index in [1.807, 2.05) is 0 Å². The van der Waals surface area contributed by atoms with Gasteiger partial charge in [0.15, 0.2) is 0 Å². The minimum absolute atomic E-state index is 1.09. The highest BCUT2D eigenvalue weighted by molar-refractivity contribution is 7.90. The maximum Gasteiger partial charge on any atom is 0.511 e. The van der Waals surface area contributed by atoms with Gasteiger partial charge in [-0.3, -0.25) is 0 Å². The van der Waals surface area contributed by atoms with Crippen LogP contribution in [0.4, 0.5) is 13.2 Å². The molecule has 0 fully saturated rings. The molecule has 0 saturated carbocycles. The summed E-state index contributed by atoms with van der Waals surface area (Å²) >= 11 is 0. The van der Waals surface area contributed by atoms with Crippen molar-refractivity contribution >= 4 is 10.0 Å². The molecule has 0 spiro atoms. The largest absolute Gasteiger partial charge is 0.511 e. The molecule has 0 aromatic carbocycles. The van der Waals surface area contributed by atoms with Crippen LogP contribution in [0, 0.1) is 0 Å². The molecule has 4 nitrogen and oxygen atoms in total. The first kappa shape index (κ1) is 17.0. The average molecular weight is 286 g/mol. The van der Waals surface area contributed by atoms with E-state index in [1.54, 1.807) is 0 Å². The van der Waals surface area contributed by atoms with Crippen LogP contribution in [0.25, 0.3) is 0 Å². The molecular weight excluding hydrogens is 269 g/mol. The van der Waals surface area contributed by atoms with Crippen LogP contribution in [0.5, 0.6) is 0 Å². The number of primary sulfonamides is 1. The summed E-state index contributed by atoms with van der Waals surface area (Å²) in [5.74, 6) is 0. The van der Waals surface area contributed by atoms with Crippen LogP contribution in [0.15, 0.2) is 24.4 Å². The van der Waals surface area contributed by atoms with Gasteiger partial charge in [-0.1, -0.05) is 25.5 Å². The van der Waals surface area contributed by atoms with Crippen molar-refractivity contribution in [3.05, 3.63) is 24.4 Å². The molecule has 0 aliphatic carbocycles. The summed E-state index contributed by atoms with van der Waals surface area (Å²) < 4.78 is 51.2. The lowest BCUT2D eigenvalue weighted by atomic mass is 10.3. The van der Waals surface area contributed by atoms with E-state index in [-0.39, 0.29) is 0 Å². The van der Waals surface area contributed by atoms with Crippen LogP contribution in [-0.4, -0.2) is 31.9 Å². The fourth-order valence-corrected chi connectivity index (χ4v) is 1.03. The topological polar surface area (TPSA) is 63.4 Å². The molecule has 8 heteroatoms. The number of alkyl halides is 3. The molecule has 1 aliphatic heterocycles. The Morgan fingerprint density at radius 2 is 1.89 bits per heavy atom. The molecule has 0 aromatic heterocycles. The molecule has 18 heavy (non-hydrogen) atoms. The van der Waals surface area contributed by atoms with Crippen LogP contribution in [0.2, 0.25) is 0 Å². The van der Waals surface area contributed by atoms with Crippen molar-refractivity contribution in [2.75, 3.05) is 13.1 Å². The van der Waals surface area contributed by atoms with Gasteiger partial charge in [0, 0.05) is 13.1 Å². The van der Waals surface area contributed by atoms with E-state index in [2.05, 4.69) is 41.4 Å². The molecule has 0 radical (unpaired) electrons. The SMILES string of the molecule is CCCCN1C=CC=CC1.NS(=O)(=O)C(F)(F)F. The standard InChI is InChI=1S/C9H15N.CH2F3NO2S/c1-2-3-7-10-8-5-4-6-9-10;2-1(3,4)8(5,6)7/h4-6,8H,2-3,7,9H2,1H3;(H2,5,6,7). The molecule has 0 aromatic rings. The Morgan fingerprint density at radius 1 is 1.33 bits per heavy atom. The van der Waals surface area contributed by atoms with E-state index >= 15 is 0 Å². The lowest BCUT2D eigenvalue weighted by Gasteiger charge is -2.19. The molecule has 0 bridgehead atoms. The van der Waals surface area contributed by atoms with Crippen molar-refractivity contribution in [3.63, 3.8) is 0 Å². The molecular formula is C10H17F3N2O2S. The van der Waals surface area contributed by atoms with E-state index in [9.17, 15) is 21.6 Å². The van der Waals surface area contributed by atoms with Crippen LogP contribution in [0.3, 0.4) is 0 Å². The molecule has 0 unspecified atom stereocenters. The summed E-state index contributed by atoms with van der Waals surface area (Å²) in [5.41, 5.74) is -5.31. The maximum atomic E-state index is 10.8. The minimum Gasteiger partial charge on any atom is -0.374 e. The number of hydrogen-bond donors (Lipinski definition) is 1. The van der Waals surface area contributed by atoms with Gasteiger partial charge in [-0.15, -0.1) is 0 Å². The highest BCUT2D eigenvalue weighted by Gasteiger charge is 2.42. The smallest absolute Gasteiger partial charge is 0.374 e. The molecule has 1 heterocycles. The number of hydrogen-bond acceptors (Lipinski definition) is 3. The van der Waals surface area contributed by atoms with Crippen molar-refractivity contribution in [2.45, 2.75) is 25.3 Å². The van der Waals surface area contributed by atoms with Gasteiger partial charge in [0.05, 0.1) is 0 Å². The zero-order chi connectivity index (χ0) is 14.2. The minimum atomic E-state index is -5.34. The Hall–Kier alpha value is -1.02. The number of halogens is 3. The van der Waals surface area contributed by atoms with Crippen LogP contribution >= 0.6 is 0 Å². The highest BCUT2D eigenvalue weighted by Crippen LogP contribution is 2.18.